The molecule has 0 radical (unpaired) electrons. The minimum Gasteiger partial charge on any atom is -0.392 e. The monoisotopic (exact) mass is 428 g/mol. The average Bonchev–Trinajstić information content (AvgIpc) is 2.72. The van der Waals surface area contributed by atoms with Crippen LogP contribution in [0.25, 0.3) is 0 Å². The fourth-order valence-electron chi connectivity index (χ4n) is 6.34. The molecule has 2 aliphatic rings. The van der Waals surface area contributed by atoms with Gasteiger partial charge in [0.05, 0.1) is 6.61 Å². The first-order chi connectivity index (χ1) is 14.6. The molecule has 2 heteroatoms. The number of fused-ring (bicyclic) bond motifs is 1. The number of rotatable bonds is 10. The molecule has 31 heavy (non-hydrogen) atoms. The summed E-state index contributed by atoms with van der Waals surface area (Å²) in [5.41, 5.74) is 4.24. The molecule has 3 atom stereocenters. The van der Waals surface area contributed by atoms with Crippen molar-refractivity contribution >= 4 is 5.78 Å². The summed E-state index contributed by atoms with van der Waals surface area (Å²) in [6, 6.07) is 0. The highest BCUT2D eigenvalue weighted by Gasteiger charge is 2.54. The zero-order valence-corrected chi connectivity index (χ0v) is 21.2. The summed E-state index contributed by atoms with van der Waals surface area (Å²) in [6.45, 7) is 13.6. The van der Waals surface area contributed by atoms with Crippen molar-refractivity contribution in [3.8, 4) is 0 Å². The third-order valence-electron chi connectivity index (χ3n) is 8.57. The van der Waals surface area contributed by atoms with Crippen LogP contribution < -0.4 is 0 Å². The summed E-state index contributed by atoms with van der Waals surface area (Å²) in [5.74, 6) is 1.82. The van der Waals surface area contributed by atoms with E-state index >= 15 is 0 Å². The van der Waals surface area contributed by atoms with Crippen LogP contribution in [0.4, 0.5) is 0 Å². The van der Waals surface area contributed by atoms with Crippen LogP contribution in [0.2, 0.25) is 0 Å². The van der Waals surface area contributed by atoms with E-state index in [0.29, 0.717) is 17.1 Å². The molecule has 0 aliphatic heterocycles. The third-order valence-corrected chi connectivity index (χ3v) is 8.57. The Morgan fingerprint density at radius 3 is 2.13 bits per heavy atom. The molecule has 2 nitrogen and oxygen atoms in total. The minimum absolute atomic E-state index is 0.131. The predicted molar refractivity (Wildman–Crippen MR) is 133 cm³/mol. The second kappa shape index (κ2) is 11.6. The minimum atomic E-state index is -0.131. The maximum Gasteiger partial charge on any atom is 0.138 e. The van der Waals surface area contributed by atoms with Crippen LogP contribution in [0, 0.1) is 22.7 Å². The van der Waals surface area contributed by atoms with Gasteiger partial charge in [0, 0.05) is 11.8 Å². The Kier molecular flexibility index (Phi) is 9.80. The number of aliphatic hydroxyl groups is 1. The third kappa shape index (κ3) is 6.91. The van der Waals surface area contributed by atoms with Gasteiger partial charge in [0.15, 0.2) is 0 Å². The maximum atomic E-state index is 12.5. The van der Waals surface area contributed by atoms with Gasteiger partial charge in [-0.05, 0) is 95.8 Å². The molecule has 0 saturated heterocycles. The molecule has 1 N–H and O–H groups in total. The first-order valence-electron chi connectivity index (χ1n) is 12.7. The quantitative estimate of drug-likeness (QED) is 0.358. The van der Waals surface area contributed by atoms with Crippen LogP contribution in [0.5, 0.6) is 0 Å². The van der Waals surface area contributed by atoms with E-state index in [1.807, 2.05) is 6.92 Å². The van der Waals surface area contributed by atoms with Crippen LogP contribution >= 0.6 is 0 Å². The van der Waals surface area contributed by atoms with Crippen LogP contribution in [-0.2, 0) is 4.79 Å². The van der Waals surface area contributed by atoms with Gasteiger partial charge < -0.3 is 5.11 Å². The van der Waals surface area contributed by atoms with Crippen molar-refractivity contribution in [3.05, 3.63) is 34.9 Å². The number of hydrogen-bond donors (Lipinski definition) is 1. The van der Waals surface area contributed by atoms with E-state index in [1.54, 1.807) is 0 Å². The Bertz CT molecular complexity index is 694. The van der Waals surface area contributed by atoms with Crippen molar-refractivity contribution in [1.82, 2.24) is 0 Å². The zero-order chi connectivity index (χ0) is 23.1. The first kappa shape index (κ1) is 26.1. The second-order valence-electron chi connectivity index (χ2n) is 11.3. The SMILES string of the molecule is C/C(=C\CC/C(C)=C/CC/C(C)=C/CCC1CCCC2C(C)(C)C(=O)CCC12C)CO. The lowest BCUT2D eigenvalue weighted by molar-refractivity contribution is -0.147. The summed E-state index contributed by atoms with van der Waals surface area (Å²) in [5, 5.41) is 9.06. The van der Waals surface area contributed by atoms with Gasteiger partial charge >= 0.3 is 0 Å². The first-order valence-corrected chi connectivity index (χ1v) is 12.7. The highest BCUT2D eigenvalue weighted by molar-refractivity contribution is 5.85. The van der Waals surface area contributed by atoms with Gasteiger partial charge in [-0.2, -0.15) is 0 Å². The largest absolute Gasteiger partial charge is 0.392 e. The van der Waals surface area contributed by atoms with Crippen molar-refractivity contribution in [2.45, 2.75) is 112 Å². The summed E-state index contributed by atoms with van der Waals surface area (Å²) < 4.78 is 0. The number of ketones is 1. The second-order valence-corrected chi connectivity index (χ2v) is 11.3. The Labute approximate surface area is 192 Å². The normalized spacial score (nSPS) is 29.8. The highest BCUT2D eigenvalue weighted by Crippen LogP contribution is 2.59. The maximum absolute atomic E-state index is 12.5. The summed E-state index contributed by atoms with van der Waals surface area (Å²) in [4.78, 5) is 12.5. The van der Waals surface area contributed by atoms with Gasteiger partial charge in [0.25, 0.3) is 0 Å². The summed E-state index contributed by atoms with van der Waals surface area (Å²) in [6.07, 6.45) is 19.6. The fraction of sp³-hybridized carbons (Fsp3) is 0.759. The van der Waals surface area contributed by atoms with Crippen molar-refractivity contribution in [2.75, 3.05) is 6.61 Å². The Morgan fingerprint density at radius 2 is 1.52 bits per heavy atom. The van der Waals surface area contributed by atoms with E-state index in [1.165, 1.54) is 43.3 Å². The Morgan fingerprint density at radius 1 is 0.935 bits per heavy atom. The van der Waals surface area contributed by atoms with Gasteiger partial charge in [-0.15, -0.1) is 0 Å². The lowest BCUT2D eigenvalue weighted by Gasteiger charge is -2.56. The molecule has 2 aliphatic carbocycles. The molecular formula is C29H48O2. The van der Waals surface area contributed by atoms with E-state index < -0.39 is 0 Å². The van der Waals surface area contributed by atoms with E-state index in [0.717, 1.165) is 50.0 Å². The van der Waals surface area contributed by atoms with Crippen LogP contribution in [-0.4, -0.2) is 17.5 Å². The number of allylic oxidation sites excluding steroid dienone is 5. The van der Waals surface area contributed by atoms with Crippen LogP contribution in [0.1, 0.15) is 112 Å². The molecule has 0 spiro atoms. The highest BCUT2D eigenvalue weighted by atomic mass is 16.3. The van der Waals surface area contributed by atoms with Gasteiger partial charge in [0.1, 0.15) is 5.78 Å². The van der Waals surface area contributed by atoms with Crippen LogP contribution in [0.3, 0.4) is 0 Å². The smallest absolute Gasteiger partial charge is 0.138 e. The lowest BCUT2D eigenvalue weighted by atomic mass is 9.47. The molecule has 2 saturated carbocycles. The predicted octanol–water partition coefficient (Wildman–Crippen LogP) is 7.97. The molecule has 176 valence electrons. The molecule has 0 bridgehead atoms. The van der Waals surface area contributed by atoms with Gasteiger partial charge in [-0.3, -0.25) is 4.79 Å². The lowest BCUT2D eigenvalue weighted by Crippen LogP contribution is -2.52. The van der Waals surface area contributed by atoms with Crippen molar-refractivity contribution < 1.29 is 9.90 Å². The molecule has 0 heterocycles. The number of aliphatic hydroxyl groups excluding tert-OH is 1. The zero-order valence-electron chi connectivity index (χ0n) is 21.2. The molecule has 3 unspecified atom stereocenters. The topological polar surface area (TPSA) is 37.3 Å². The van der Waals surface area contributed by atoms with Crippen molar-refractivity contribution in [1.29, 1.82) is 0 Å². The van der Waals surface area contributed by atoms with E-state index in [2.05, 4.69) is 52.8 Å². The molecule has 2 fully saturated rings. The van der Waals surface area contributed by atoms with E-state index in [4.69, 9.17) is 5.11 Å². The number of carbonyl (C=O) groups is 1. The molecule has 2 rings (SSSR count). The number of Topliss-reactive ketones (excluding diaryl/α,β-unsaturated/α-hetero) is 1. The van der Waals surface area contributed by atoms with Gasteiger partial charge in [-0.25, -0.2) is 0 Å². The van der Waals surface area contributed by atoms with Crippen molar-refractivity contribution in [3.63, 3.8) is 0 Å². The molecule has 0 amide bonds. The Balaban J connectivity index is 1.81. The molecule has 0 aromatic heterocycles. The summed E-state index contributed by atoms with van der Waals surface area (Å²) >= 11 is 0. The van der Waals surface area contributed by atoms with Crippen molar-refractivity contribution in [2.24, 2.45) is 22.7 Å². The molecule has 0 aromatic carbocycles. The van der Waals surface area contributed by atoms with Gasteiger partial charge in [0.2, 0.25) is 0 Å². The van der Waals surface area contributed by atoms with Crippen LogP contribution in [0.15, 0.2) is 34.9 Å². The molecular weight excluding hydrogens is 380 g/mol. The number of carbonyl (C=O) groups excluding carboxylic acids is 1. The average molecular weight is 429 g/mol. The fourth-order valence-corrected chi connectivity index (χ4v) is 6.34. The van der Waals surface area contributed by atoms with Gasteiger partial charge in [-0.1, -0.05) is 62.1 Å². The molecule has 0 aromatic rings. The number of hydrogen-bond acceptors (Lipinski definition) is 2. The van der Waals surface area contributed by atoms with E-state index in [9.17, 15) is 4.79 Å². The van der Waals surface area contributed by atoms with E-state index in [-0.39, 0.29) is 12.0 Å². The summed E-state index contributed by atoms with van der Waals surface area (Å²) in [7, 11) is 0. The Hall–Kier alpha value is -1.15. The standard InChI is InChI=1S/C29H48O2/c1-22(13-8-15-24(3)21-30)11-7-12-23(2)14-9-16-25-17-10-18-26-28(4,5)27(31)19-20-29(25,26)6/h11,14-15,25-26,30H,7-10,12-13,16-21H2,1-6H3/b22-11+,23-14+,24-15+.